The zero-order valence-electron chi connectivity index (χ0n) is 26.2. The van der Waals surface area contributed by atoms with Gasteiger partial charge in [0.15, 0.2) is 0 Å². The first-order chi connectivity index (χ1) is 22.4. The Kier molecular flexibility index (Phi) is 14.0. The summed E-state index contributed by atoms with van der Waals surface area (Å²) in [6.07, 6.45) is -2.10. The first-order valence-electron chi connectivity index (χ1n) is 15.1. The number of aryl methyl sites for hydroxylation is 2. The molecule has 0 heterocycles. The molecule has 2 N–H and O–H groups in total. The number of benzene rings is 3. The van der Waals surface area contributed by atoms with Gasteiger partial charge in [0.1, 0.15) is 11.5 Å². The van der Waals surface area contributed by atoms with Crippen LogP contribution < -0.4 is 9.47 Å². The number of esters is 2. The molecule has 47 heavy (non-hydrogen) atoms. The number of ether oxygens (including phenoxy) is 4. The second kappa shape index (κ2) is 17.9. The van der Waals surface area contributed by atoms with Crippen LogP contribution in [0.5, 0.6) is 11.5 Å². The van der Waals surface area contributed by atoms with Gasteiger partial charge in [0.2, 0.25) is 13.6 Å². The van der Waals surface area contributed by atoms with E-state index in [1.807, 2.05) is 43.3 Å². The highest BCUT2D eigenvalue weighted by Gasteiger charge is 2.25. The van der Waals surface area contributed by atoms with Crippen molar-refractivity contribution in [1.82, 2.24) is 0 Å². The van der Waals surface area contributed by atoms with Crippen LogP contribution >= 0.6 is 0 Å². The number of hydrogen-bond donors (Lipinski definition) is 2. The minimum absolute atomic E-state index is 0.125. The van der Waals surface area contributed by atoms with Gasteiger partial charge in [-0.1, -0.05) is 69.0 Å². The Labute approximate surface area is 272 Å². The number of rotatable bonds is 18. The first kappa shape index (κ1) is 36.9. The molecular formula is C36H39F3O8. The number of unbranched alkanes of at least 4 members (excludes halogenated alkanes) is 2. The van der Waals surface area contributed by atoms with Crippen molar-refractivity contribution < 1.29 is 51.9 Å². The van der Waals surface area contributed by atoms with Gasteiger partial charge in [0.25, 0.3) is 0 Å². The summed E-state index contributed by atoms with van der Waals surface area (Å²) in [6, 6.07) is 19.0. The summed E-state index contributed by atoms with van der Waals surface area (Å²) in [6.45, 7) is 6.81. The van der Waals surface area contributed by atoms with E-state index in [1.54, 1.807) is 12.1 Å². The fourth-order valence-electron chi connectivity index (χ4n) is 4.57. The first-order valence-corrected chi connectivity index (χ1v) is 15.1. The lowest BCUT2D eigenvalue weighted by Gasteiger charge is -2.16. The zero-order valence-corrected chi connectivity index (χ0v) is 26.2. The number of halogens is 3. The molecule has 0 bridgehead atoms. The highest BCUT2D eigenvalue weighted by Crippen LogP contribution is 2.35. The predicted octanol–water partition coefficient (Wildman–Crippen LogP) is 7.10. The molecule has 3 aromatic carbocycles. The SMILES string of the molecule is C=C(CO)C(=O)OCOc1cc(OCOC(=O)C(=C)CO)cc(-c2ccc(-c3ccc(CCCCCC(F)(F)F)cc3)cc2CC)c1. The number of carbonyl (C=O) groups is 2. The standard InChI is InChI=1S/C36H39F3O8/c1-4-27-16-29(28-11-9-26(10-12-28)8-6-5-7-15-36(37,38)39)13-14-33(27)30-17-31(44-22-46-34(42)24(2)20-40)19-32(18-30)45-23-47-35(43)25(3)21-41/h9-14,16-19,40-41H,2-8,15,20-23H2,1H3. The van der Waals surface area contributed by atoms with E-state index < -0.39 is 51.3 Å². The van der Waals surface area contributed by atoms with Gasteiger partial charge >= 0.3 is 18.1 Å². The van der Waals surface area contributed by atoms with E-state index >= 15 is 0 Å². The van der Waals surface area contributed by atoms with Crippen molar-refractivity contribution >= 4 is 11.9 Å². The minimum Gasteiger partial charge on any atom is -0.457 e. The average Bonchev–Trinajstić information content (AvgIpc) is 3.06. The molecule has 0 unspecified atom stereocenters. The molecular weight excluding hydrogens is 617 g/mol. The van der Waals surface area contributed by atoms with E-state index in [9.17, 15) is 22.8 Å². The predicted molar refractivity (Wildman–Crippen MR) is 171 cm³/mol. The van der Waals surface area contributed by atoms with Crippen LogP contribution in [0.1, 0.15) is 43.7 Å². The molecule has 0 atom stereocenters. The second-order valence-corrected chi connectivity index (χ2v) is 10.7. The lowest BCUT2D eigenvalue weighted by atomic mass is 9.93. The molecule has 11 heteroatoms. The Morgan fingerprint density at radius 2 is 1.28 bits per heavy atom. The number of carbonyl (C=O) groups excluding carboxylic acids is 2. The van der Waals surface area contributed by atoms with E-state index in [-0.39, 0.29) is 29.1 Å². The summed E-state index contributed by atoms with van der Waals surface area (Å²) < 4.78 is 58.4. The van der Waals surface area contributed by atoms with Crippen LogP contribution in [0, 0.1) is 0 Å². The molecule has 3 aromatic rings. The second-order valence-electron chi connectivity index (χ2n) is 10.7. The molecule has 3 rings (SSSR count). The van der Waals surface area contributed by atoms with Crippen molar-refractivity contribution in [1.29, 1.82) is 0 Å². The van der Waals surface area contributed by atoms with Gasteiger partial charge in [-0.15, -0.1) is 0 Å². The molecule has 0 amide bonds. The van der Waals surface area contributed by atoms with Gasteiger partial charge < -0.3 is 29.2 Å². The number of alkyl halides is 3. The Morgan fingerprint density at radius 3 is 1.79 bits per heavy atom. The van der Waals surface area contributed by atoms with Crippen molar-refractivity contribution in [2.45, 2.75) is 51.6 Å². The van der Waals surface area contributed by atoms with Crippen LogP contribution in [0.25, 0.3) is 22.3 Å². The molecule has 0 saturated heterocycles. The fourth-order valence-corrected chi connectivity index (χ4v) is 4.57. The summed E-state index contributed by atoms with van der Waals surface area (Å²) in [7, 11) is 0. The average molecular weight is 657 g/mol. The Bertz CT molecular complexity index is 1480. The molecule has 0 aliphatic heterocycles. The maximum Gasteiger partial charge on any atom is 0.389 e. The van der Waals surface area contributed by atoms with E-state index in [0.717, 1.165) is 27.8 Å². The Balaban J connectivity index is 1.79. The molecule has 0 radical (unpaired) electrons. The van der Waals surface area contributed by atoms with Gasteiger partial charge in [0, 0.05) is 12.5 Å². The Hall–Kier alpha value is -4.61. The maximum absolute atomic E-state index is 12.4. The summed E-state index contributed by atoms with van der Waals surface area (Å²) in [5.41, 5.74) is 5.38. The fraction of sp³-hybridized carbons (Fsp3) is 0.333. The third kappa shape index (κ3) is 11.9. The number of aliphatic hydroxyl groups is 2. The Morgan fingerprint density at radius 1 is 0.723 bits per heavy atom. The summed E-state index contributed by atoms with van der Waals surface area (Å²) in [5, 5.41) is 18.1. The van der Waals surface area contributed by atoms with Gasteiger partial charge in [-0.2, -0.15) is 13.2 Å². The molecule has 0 aromatic heterocycles. The van der Waals surface area contributed by atoms with E-state index in [1.165, 1.54) is 6.07 Å². The normalized spacial score (nSPS) is 11.1. The summed E-state index contributed by atoms with van der Waals surface area (Å²) in [4.78, 5) is 23.7. The highest BCUT2D eigenvalue weighted by atomic mass is 19.4. The van der Waals surface area contributed by atoms with Gasteiger partial charge in [-0.3, -0.25) is 0 Å². The van der Waals surface area contributed by atoms with Crippen molar-refractivity contribution in [2.75, 3.05) is 26.8 Å². The lowest BCUT2D eigenvalue weighted by Crippen LogP contribution is -2.14. The zero-order chi connectivity index (χ0) is 34.4. The van der Waals surface area contributed by atoms with Crippen LogP contribution in [0.3, 0.4) is 0 Å². The molecule has 252 valence electrons. The largest absolute Gasteiger partial charge is 0.457 e. The van der Waals surface area contributed by atoms with Crippen molar-refractivity contribution in [3.63, 3.8) is 0 Å². The monoisotopic (exact) mass is 656 g/mol. The van der Waals surface area contributed by atoms with E-state index in [0.29, 0.717) is 31.2 Å². The van der Waals surface area contributed by atoms with E-state index in [4.69, 9.17) is 29.2 Å². The van der Waals surface area contributed by atoms with Crippen molar-refractivity contribution in [2.24, 2.45) is 0 Å². The van der Waals surface area contributed by atoms with Crippen LogP contribution in [0.4, 0.5) is 13.2 Å². The van der Waals surface area contributed by atoms with E-state index in [2.05, 4.69) is 19.2 Å². The molecule has 0 aliphatic rings. The van der Waals surface area contributed by atoms with Crippen LogP contribution in [0.15, 0.2) is 85.0 Å². The number of hydrogen-bond acceptors (Lipinski definition) is 8. The van der Waals surface area contributed by atoms with Gasteiger partial charge in [-0.25, -0.2) is 9.59 Å². The minimum atomic E-state index is -4.11. The molecule has 0 aliphatic carbocycles. The van der Waals surface area contributed by atoms with Crippen LogP contribution in [0.2, 0.25) is 0 Å². The molecule has 0 fully saturated rings. The smallest absolute Gasteiger partial charge is 0.389 e. The van der Waals surface area contributed by atoms with Gasteiger partial charge in [-0.05, 0) is 71.2 Å². The van der Waals surface area contributed by atoms with Gasteiger partial charge in [0.05, 0.1) is 24.4 Å². The quantitative estimate of drug-likeness (QED) is 0.0646. The third-order valence-electron chi connectivity index (χ3n) is 7.18. The van der Waals surface area contributed by atoms with Crippen LogP contribution in [-0.4, -0.2) is 55.1 Å². The molecule has 8 nitrogen and oxygen atoms in total. The lowest BCUT2D eigenvalue weighted by molar-refractivity contribution is -0.146. The molecule has 0 spiro atoms. The van der Waals surface area contributed by atoms with Crippen molar-refractivity contribution in [3.05, 3.63) is 96.1 Å². The van der Waals surface area contributed by atoms with Crippen molar-refractivity contribution in [3.8, 4) is 33.8 Å². The highest BCUT2D eigenvalue weighted by molar-refractivity contribution is 5.88. The topological polar surface area (TPSA) is 112 Å². The summed E-state index contributed by atoms with van der Waals surface area (Å²) >= 11 is 0. The maximum atomic E-state index is 12.4. The van der Waals surface area contributed by atoms with Crippen LogP contribution in [-0.2, 0) is 31.9 Å². The molecule has 0 saturated carbocycles. The summed E-state index contributed by atoms with van der Waals surface area (Å²) in [5.74, 6) is -1.06. The third-order valence-corrected chi connectivity index (χ3v) is 7.18. The number of aliphatic hydroxyl groups excluding tert-OH is 2.